The van der Waals surface area contributed by atoms with Crippen LogP contribution < -0.4 is 74.6 Å². The number of phenolic OH excluding ortho intramolecular Hbond substituents is 1. The number of hydrogen-bond donors (Lipinski definition) is 2. The minimum atomic E-state index is -4.98. The van der Waals surface area contributed by atoms with E-state index in [9.17, 15) is 23.3 Å². The fourth-order valence-corrected chi connectivity index (χ4v) is 5.57. The Balaban J connectivity index is 0.00000312. The van der Waals surface area contributed by atoms with Gasteiger partial charge in [0, 0.05) is 9.92 Å². The number of nitrogens with zero attached hydrogens (tertiary/aromatic N) is 2. The van der Waals surface area contributed by atoms with Crippen molar-refractivity contribution in [3.63, 3.8) is 0 Å². The van der Waals surface area contributed by atoms with E-state index in [1.165, 1.54) is 12.1 Å². The Labute approximate surface area is 332 Å². The summed E-state index contributed by atoms with van der Waals surface area (Å²) in [5.74, 6) is 0.213. The van der Waals surface area contributed by atoms with Crippen molar-refractivity contribution in [2.75, 3.05) is 5.48 Å². The predicted molar refractivity (Wildman–Crippen MR) is 167 cm³/mol. The average Bonchev–Trinajstić information content (AvgIpc) is 3.03. The van der Waals surface area contributed by atoms with Crippen LogP contribution in [0.15, 0.2) is 116 Å². The molecule has 5 rings (SSSR count). The van der Waals surface area contributed by atoms with E-state index >= 15 is 0 Å². The van der Waals surface area contributed by atoms with E-state index in [2.05, 4.69) is 25.1 Å². The van der Waals surface area contributed by atoms with Crippen molar-refractivity contribution in [3.05, 3.63) is 102 Å². The van der Waals surface area contributed by atoms with Gasteiger partial charge in [0.2, 0.25) is 0 Å². The molecule has 48 heavy (non-hydrogen) atoms. The summed E-state index contributed by atoms with van der Waals surface area (Å²) in [5.41, 5.74) is 3.19. The second-order valence-electron chi connectivity index (χ2n) is 9.19. The third-order valence-corrected chi connectivity index (χ3v) is 8.31. The van der Waals surface area contributed by atoms with Gasteiger partial charge in [-0.2, -0.15) is 4.33 Å². The van der Waals surface area contributed by atoms with Crippen LogP contribution in [0.4, 0.5) is 17.1 Å². The monoisotopic (exact) mass is 747 g/mol. The summed E-state index contributed by atoms with van der Waals surface area (Å²) in [6, 6.07) is 24.0. The molecule has 238 valence electrons. The topological polar surface area (TPSA) is 183 Å². The zero-order valence-corrected chi connectivity index (χ0v) is 32.5. The molecule has 5 aromatic rings. The Kier molecular flexibility index (Phi) is 15.9. The number of phenols is 1. The molecule has 0 saturated carbocycles. The van der Waals surface area contributed by atoms with E-state index in [0.717, 1.165) is 29.7 Å². The predicted octanol–water partition coefficient (Wildman–Crippen LogP) is 1.84. The molecular weight excluding hydrogens is 728 g/mol. The average molecular weight is 748 g/mol. The molecule has 5 aromatic carbocycles. The van der Waals surface area contributed by atoms with Crippen LogP contribution in [0.3, 0.4) is 0 Å². The van der Waals surface area contributed by atoms with Gasteiger partial charge in [0.1, 0.15) is 27.2 Å². The molecule has 0 aromatic heterocycles. The number of azo groups is 1. The Morgan fingerprint density at radius 2 is 1.62 bits per heavy atom. The van der Waals surface area contributed by atoms with Crippen LogP contribution in [0, 0.1) is 6.92 Å². The number of nitrogens with one attached hydrogen (secondary N) is 1. The molecule has 0 radical (unpaired) electrons. The van der Waals surface area contributed by atoms with Crippen LogP contribution in [-0.2, 0) is 28.8 Å². The zero-order valence-electron chi connectivity index (χ0n) is 25.3. The molecule has 2 N–H and O–H groups in total. The number of aryl methyl sites for hydroxylation is 1. The maximum absolute atomic E-state index is 12.0. The SMILES string of the molecule is Cc1ccc(SOONc2cc(S(=O)(=O)[O-])cc3cc(SOO[O-])c(N=Nc4cc(Cl)ccc4Oc4ccccc4)c(O)c23)cc1.[Na+].[Na+]. The first-order chi connectivity index (χ1) is 22.1. The number of fused-ring (bicyclic) bond motifs is 1. The summed E-state index contributed by atoms with van der Waals surface area (Å²) in [6.45, 7) is 1.92. The summed E-state index contributed by atoms with van der Waals surface area (Å²) < 4.78 is 51.4. The van der Waals surface area contributed by atoms with E-state index in [1.54, 1.807) is 48.5 Å². The van der Waals surface area contributed by atoms with E-state index in [1.807, 2.05) is 25.1 Å². The van der Waals surface area contributed by atoms with E-state index in [-0.39, 0.29) is 97.6 Å². The number of benzene rings is 5. The number of aromatic hydroxyl groups is 1. The fourth-order valence-electron chi connectivity index (χ4n) is 3.98. The molecule has 0 atom stereocenters. The first-order valence-electron chi connectivity index (χ1n) is 12.8. The van der Waals surface area contributed by atoms with Gasteiger partial charge >= 0.3 is 59.1 Å². The number of halogens is 1. The van der Waals surface area contributed by atoms with E-state index in [0.29, 0.717) is 27.7 Å². The standard InChI is InChI=1S/C29H22ClN3O10S3.2Na/c1-17-7-10-21(11-8-17)44-42-40-33-24-16-22(46(36,37)38)13-18-14-26(45-43-41-35)28(29(34)27(18)24)32-31-23-15-19(30)9-12-25(23)39-20-5-3-2-4-6-20;;/h2-16,33-35H,1H3,(H,36,37,38);;/q;2*+1/p-2. The number of anilines is 1. The third-order valence-electron chi connectivity index (χ3n) is 6.05. The molecule has 0 aliphatic carbocycles. The summed E-state index contributed by atoms with van der Waals surface area (Å²) in [5, 5.41) is 34.2. The van der Waals surface area contributed by atoms with Gasteiger partial charge in [0.15, 0.2) is 11.5 Å². The van der Waals surface area contributed by atoms with Gasteiger partial charge in [-0.15, -0.1) is 19.6 Å². The van der Waals surface area contributed by atoms with E-state index in [4.69, 9.17) is 25.7 Å². The minimum absolute atomic E-state index is 0. The van der Waals surface area contributed by atoms with Crippen LogP contribution in [0.1, 0.15) is 5.56 Å². The zero-order chi connectivity index (χ0) is 32.7. The summed E-state index contributed by atoms with van der Waals surface area (Å²) in [6.07, 6.45) is 0. The van der Waals surface area contributed by atoms with Crippen molar-refractivity contribution < 1.29 is 106 Å². The Bertz CT molecular complexity index is 2000. The number of ether oxygens (including phenoxy) is 1. The van der Waals surface area contributed by atoms with Crippen LogP contribution in [0.25, 0.3) is 10.8 Å². The maximum Gasteiger partial charge on any atom is 1.00 e. The van der Waals surface area contributed by atoms with Crippen LogP contribution in [0.5, 0.6) is 17.2 Å². The summed E-state index contributed by atoms with van der Waals surface area (Å²) >= 11 is 7.39. The molecular formula is C29H20ClN3Na2O10S3. The first kappa shape index (κ1) is 40.5. The van der Waals surface area contributed by atoms with Crippen molar-refractivity contribution in [1.82, 2.24) is 0 Å². The Morgan fingerprint density at radius 3 is 2.31 bits per heavy atom. The minimum Gasteiger partial charge on any atom is -0.744 e. The van der Waals surface area contributed by atoms with Crippen LogP contribution >= 0.6 is 35.7 Å². The first-order valence-corrected chi connectivity index (χ1v) is 16.1. The summed E-state index contributed by atoms with van der Waals surface area (Å²) in [7, 11) is -4.98. The van der Waals surface area contributed by atoms with Crippen molar-refractivity contribution in [2.45, 2.75) is 21.6 Å². The van der Waals surface area contributed by atoms with Crippen LogP contribution in [0.2, 0.25) is 5.02 Å². The van der Waals surface area contributed by atoms with Gasteiger partial charge < -0.3 is 19.7 Å². The number of rotatable bonds is 13. The fraction of sp³-hybridized carbons (Fsp3) is 0.0345. The van der Waals surface area contributed by atoms with E-state index < -0.39 is 20.8 Å². The maximum atomic E-state index is 12.0. The van der Waals surface area contributed by atoms with Crippen LogP contribution in [-0.4, -0.2) is 18.1 Å². The second kappa shape index (κ2) is 18.9. The molecule has 13 nitrogen and oxygen atoms in total. The molecule has 19 heteroatoms. The van der Waals surface area contributed by atoms with Gasteiger partial charge in [-0.25, -0.2) is 13.9 Å². The van der Waals surface area contributed by atoms with Gasteiger partial charge in [0.25, 0.3) is 0 Å². The number of para-hydroxylation sites is 1. The van der Waals surface area contributed by atoms with Crippen molar-refractivity contribution in [2.24, 2.45) is 10.2 Å². The van der Waals surface area contributed by atoms with Gasteiger partial charge in [0.05, 0.1) is 45.0 Å². The van der Waals surface area contributed by atoms with Crippen molar-refractivity contribution >= 4 is 73.6 Å². The molecule has 0 saturated heterocycles. The molecule has 0 bridgehead atoms. The normalized spacial score (nSPS) is 11.2. The largest absolute Gasteiger partial charge is 1.00 e. The quantitative estimate of drug-likeness (QED) is 0.0339. The van der Waals surface area contributed by atoms with Gasteiger partial charge in [-0.1, -0.05) is 47.5 Å². The molecule has 0 heterocycles. The third kappa shape index (κ3) is 10.8. The van der Waals surface area contributed by atoms with Gasteiger partial charge in [-0.05, 0) is 73.0 Å². The summed E-state index contributed by atoms with van der Waals surface area (Å²) in [4.78, 5) is 5.05. The molecule has 0 aliphatic heterocycles. The van der Waals surface area contributed by atoms with Crippen molar-refractivity contribution in [1.29, 1.82) is 0 Å². The smallest absolute Gasteiger partial charge is 0.744 e. The molecule has 0 spiro atoms. The Morgan fingerprint density at radius 1 is 0.896 bits per heavy atom. The molecule has 0 fully saturated rings. The molecule has 0 unspecified atom stereocenters. The number of hydrogen-bond acceptors (Lipinski definition) is 15. The second-order valence-corrected chi connectivity index (χ2v) is 12.5. The van der Waals surface area contributed by atoms with Gasteiger partial charge in [-0.3, -0.25) is 5.04 Å². The van der Waals surface area contributed by atoms with Crippen molar-refractivity contribution in [3.8, 4) is 17.2 Å². The molecule has 0 amide bonds. The Hall–Kier alpha value is -1.94. The molecule has 0 aliphatic rings.